The van der Waals surface area contributed by atoms with E-state index in [9.17, 15) is 0 Å². The number of rotatable bonds is 2. The molecule has 1 unspecified atom stereocenters. The fraction of sp³-hybridized carbons (Fsp3) is 0.438. The summed E-state index contributed by atoms with van der Waals surface area (Å²) in [6.07, 6.45) is 4.27. The third-order valence-electron chi connectivity index (χ3n) is 4.19. The maximum absolute atomic E-state index is 6.26. The van der Waals surface area contributed by atoms with E-state index in [0.717, 1.165) is 33.3 Å². The zero-order chi connectivity index (χ0) is 14.3. The lowest BCUT2D eigenvalue weighted by molar-refractivity contribution is 0.493. The van der Waals surface area contributed by atoms with Crippen molar-refractivity contribution in [2.45, 2.75) is 32.7 Å². The summed E-state index contributed by atoms with van der Waals surface area (Å²) >= 11 is 3.56. The topological polar surface area (TPSA) is 42.1 Å². The zero-order valence-corrected chi connectivity index (χ0v) is 13.5. The van der Waals surface area contributed by atoms with Crippen LogP contribution in [0.2, 0.25) is 0 Å². The number of benzene rings is 1. The summed E-state index contributed by atoms with van der Waals surface area (Å²) in [4.78, 5) is 6.93. The van der Waals surface area contributed by atoms with Gasteiger partial charge in [0.15, 0.2) is 0 Å². The van der Waals surface area contributed by atoms with Crippen molar-refractivity contribution in [2.24, 2.45) is 5.92 Å². The van der Waals surface area contributed by atoms with Crippen LogP contribution in [0.5, 0.6) is 0 Å². The van der Waals surface area contributed by atoms with Crippen molar-refractivity contribution in [3.05, 3.63) is 28.9 Å². The van der Waals surface area contributed by atoms with Crippen molar-refractivity contribution >= 4 is 38.2 Å². The Bertz CT molecular complexity index is 634. The maximum Gasteiger partial charge on any atom is 0.0745 e. The molecular weight excluding hydrogens is 314 g/mol. The van der Waals surface area contributed by atoms with Crippen LogP contribution < -0.4 is 10.6 Å². The third-order valence-corrected chi connectivity index (χ3v) is 4.68. The molecule has 2 N–H and O–H groups in total. The number of pyridine rings is 1. The summed E-state index contributed by atoms with van der Waals surface area (Å²) in [7, 11) is 0. The summed E-state index contributed by atoms with van der Waals surface area (Å²) in [6.45, 7) is 5.66. The lowest BCUT2D eigenvalue weighted by atomic mass is 10.0. The lowest BCUT2D eigenvalue weighted by Crippen LogP contribution is -2.34. The summed E-state index contributed by atoms with van der Waals surface area (Å²) in [5.74, 6) is 0.632. The third kappa shape index (κ3) is 2.26. The molecule has 0 radical (unpaired) electrons. The molecule has 3 nitrogen and oxygen atoms in total. The molecule has 0 aliphatic carbocycles. The van der Waals surface area contributed by atoms with Crippen molar-refractivity contribution < 1.29 is 0 Å². The van der Waals surface area contributed by atoms with E-state index in [1.54, 1.807) is 6.20 Å². The lowest BCUT2D eigenvalue weighted by Gasteiger charge is -2.31. The SMILES string of the molecule is CC(C)C1CCCN1c1c(N)cnc2ccc(Br)cc12. The van der Waals surface area contributed by atoms with Gasteiger partial charge in [-0.25, -0.2) is 0 Å². The minimum Gasteiger partial charge on any atom is -0.396 e. The van der Waals surface area contributed by atoms with Gasteiger partial charge in [-0.05, 0) is 37.0 Å². The molecule has 0 amide bonds. The number of aromatic nitrogens is 1. The molecule has 3 rings (SSSR count). The Balaban J connectivity index is 2.19. The fourth-order valence-corrected chi connectivity index (χ4v) is 3.61. The van der Waals surface area contributed by atoms with Gasteiger partial charge in [-0.15, -0.1) is 0 Å². The molecule has 1 aromatic carbocycles. The first-order chi connectivity index (χ1) is 9.58. The first kappa shape index (κ1) is 13.7. The van der Waals surface area contributed by atoms with E-state index in [1.165, 1.54) is 12.8 Å². The van der Waals surface area contributed by atoms with Crippen LogP contribution in [-0.2, 0) is 0 Å². The molecule has 1 saturated heterocycles. The van der Waals surface area contributed by atoms with Crippen molar-refractivity contribution in [1.29, 1.82) is 0 Å². The van der Waals surface area contributed by atoms with E-state index in [-0.39, 0.29) is 0 Å². The van der Waals surface area contributed by atoms with Gasteiger partial charge in [-0.2, -0.15) is 0 Å². The number of hydrogen-bond donors (Lipinski definition) is 1. The minimum absolute atomic E-state index is 0.571. The van der Waals surface area contributed by atoms with Crippen molar-refractivity contribution in [3.8, 4) is 0 Å². The first-order valence-electron chi connectivity index (χ1n) is 7.18. The molecule has 106 valence electrons. The average molecular weight is 334 g/mol. The van der Waals surface area contributed by atoms with Crippen molar-refractivity contribution in [3.63, 3.8) is 0 Å². The van der Waals surface area contributed by atoms with Crippen LogP contribution in [0.15, 0.2) is 28.9 Å². The Morgan fingerprint density at radius 1 is 1.40 bits per heavy atom. The average Bonchev–Trinajstić information content (AvgIpc) is 2.87. The molecule has 4 heteroatoms. The van der Waals surface area contributed by atoms with Gasteiger partial charge in [0.2, 0.25) is 0 Å². The molecule has 1 fully saturated rings. The van der Waals surface area contributed by atoms with Gasteiger partial charge in [0, 0.05) is 22.4 Å². The van der Waals surface area contributed by atoms with Crippen LogP contribution in [0, 0.1) is 5.92 Å². The van der Waals surface area contributed by atoms with Crippen molar-refractivity contribution in [2.75, 3.05) is 17.2 Å². The molecule has 0 bridgehead atoms. The van der Waals surface area contributed by atoms with Gasteiger partial charge in [0.25, 0.3) is 0 Å². The van der Waals surface area contributed by atoms with E-state index >= 15 is 0 Å². The molecule has 2 heterocycles. The molecular formula is C16H20BrN3. The zero-order valence-electron chi connectivity index (χ0n) is 11.9. The molecule has 1 aromatic heterocycles. The molecule has 20 heavy (non-hydrogen) atoms. The molecule has 0 saturated carbocycles. The van der Waals surface area contributed by atoms with Gasteiger partial charge < -0.3 is 10.6 Å². The predicted molar refractivity (Wildman–Crippen MR) is 89.1 cm³/mol. The quantitative estimate of drug-likeness (QED) is 0.895. The Morgan fingerprint density at radius 2 is 2.20 bits per heavy atom. The van der Waals surface area contributed by atoms with E-state index in [1.807, 2.05) is 12.1 Å². The standard InChI is InChI=1S/C16H20BrN3/c1-10(2)15-4-3-7-20(15)16-12-8-11(17)5-6-14(12)19-9-13(16)18/h5-6,8-10,15H,3-4,7,18H2,1-2H3. The maximum atomic E-state index is 6.26. The summed E-state index contributed by atoms with van der Waals surface area (Å²) in [5.41, 5.74) is 9.21. The van der Waals surface area contributed by atoms with E-state index in [4.69, 9.17) is 5.73 Å². The number of anilines is 2. The van der Waals surface area contributed by atoms with Crippen molar-refractivity contribution in [1.82, 2.24) is 4.98 Å². The van der Waals surface area contributed by atoms with Gasteiger partial charge in [-0.1, -0.05) is 29.8 Å². The number of nitrogens with two attached hydrogens (primary N) is 1. The second-order valence-electron chi connectivity index (χ2n) is 5.87. The summed E-state index contributed by atoms with van der Waals surface area (Å²) in [6, 6.07) is 6.77. The highest BCUT2D eigenvalue weighted by atomic mass is 79.9. The van der Waals surface area contributed by atoms with E-state index in [0.29, 0.717) is 12.0 Å². The van der Waals surface area contributed by atoms with Crippen LogP contribution >= 0.6 is 15.9 Å². The van der Waals surface area contributed by atoms with Gasteiger partial charge in [0.05, 0.1) is 23.1 Å². The van der Waals surface area contributed by atoms with Gasteiger partial charge >= 0.3 is 0 Å². The van der Waals surface area contributed by atoms with Crippen LogP contribution in [0.3, 0.4) is 0 Å². The number of fused-ring (bicyclic) bond motifs is 1. The van der Waals surface area contributed by atoms with Crippen LogP contribution in [0.4, 0.5) is 11.4 Å². The van der Waals surface area contributed by atoms with E-state index < -0.39 is 0 Å². The largest absolute Gasteiger partial charge is 0.396 e. The van der Waals surface area contributed by atoms with Crippen LogP contribution in [-0.4, -0.2) is 17.6 Å². The highest BCUT2D eigenvalue weighted by Gasteiger charge is 2.29. The number of nitrogens with zero attached hydrogens (tertiary/aromatic N) is 2. The van der Waals surface area contributed by atoms with E-state index in [2.05, 4.69) is 45.7 Å². The Hall–Kier alpha value is -1.29. The molecule has 1 atom stereocenters. The highest BCUT2D eigenvalue weighted by molar-refractivity contribution is 9.10. The minimum atomic E-state index is 0.571. The molecule has 1 aliphatic heterocycles. The normalized spacial score (nSPS) is 19.2. The number of nitrogen functional groups attached to an aromatic ring is 1. The van der Waals surface area contributed by atoms with Gasteiger partial charge in [0.1, 0.15) is 0 Å². The Labute approximate surface area is 128 Å². The number of hydrogen-bond acceptors (Lipinski definition) is 3. The van der Waals surface area contributed by atoms with Gasteiger partial charge in [-0.3, -0.25) is 4.98 Å². The molecule has 0 spiro atoms. The second kappa shape index (κ2) is 5.24. The summed E-state index contributed by atoms with van der Waals surface area (Å²) in [5, 5.41) is 1.15. The smallest absolute Gasteiger partial charge is 0.0745 e. The predicted octanol–water partition coefficient (Wildman–Crippen LogP) is 4.20. The molecule has 2 aromatic rings. The highest BCUT2D eigenvalue weighted by Crippen LogP contribution is 2.38. The first-order valence-corrected chi connectivity index (χ1v) is 7.97. The Kier molecular flexibility index (Phi) is 3.59. The number of halogens is 1. The van der Waals surface area contributed by atoms with Crippen LogP contribution in [0.25, 0.3) is 10.9 Å². The molecule has 1 aliphatic rings. The fourth-order valence-electron chi connectivity index (χ4n) is 3.25. The Morgan fingerprint density at radius 3 is 2.95 bits per heavy atom. The monoisotopic (exact) mass is 333 g/mol. The second-order valence-corrected chi connectivity index (χ2v) is 6.79. The summed E-state index contributed by atoms with van der Waals surface area (Å²) < 4.78 is 1.07. The van der Waals surface area contributed by atoms with Crippen LogP contribution in [0.1, 0.15) is 26.7 Å².